The summed E-state index contributed by atoms with van der Waals surface area (Å²) in [5.74, 6) is 0. The van der Waals surface area contributed by atoms with Crippen molar-refractivity contribution in [2.45, 2.75) is 58.5 Å². The molecule has 0 spiro atoms. The SMILES string of the molecule is Cc1cc(CNC2CCCCC2)sc1C. The van der Waals surface area contributed by atoms with Gasteiger partial charge in [0, 0.05) is 22.3 Å². The average molecular weight is 223 g/mol. The number of rotatable bonds is 3. The monoisotopic (exact) mass is 223 g/mol. The second-order valence-electron chi connectivity index (χ2n) is 4.67. The van der Waals surface area contributed by atoms with Gasteiger partial charge < -0.3 is 5.32 Å². The highest BCUT2D eigenvalue weighted by molar-refractivity contribution is 7.12. The summed E-state index contributed by atoms with van der Waals surface area (Å²) < 4.78 is 0. The Hall–Kier alpha value is -0.340. The maximum Gasteiger partial charge on any atom is 0.0302 e. The van der Waals surface area contributed by atoms with Gasteiger partial charge in [0.05, 0.1) is 0 Å². The van der Waals surface area contributed by atoms with Crippen LogP contribution in [0, 0.1) is 13.8 Å². The molecular weight excluding hydrogens is 202 g/mol. The zero-order chi connectivity index (χ0) is 10.7. The highest BCUT2D eigenvalue weighted by atomic mass is 32.1. The minimum Gasteiger partial charge on any atom is -0.309 e. The van der Waals surface area contributed by atoms with Gasteiger partial charge in [-0.15, -0.1) is 11.3 Å². The lowest BCUT2D eigenvalue weighted by atomic mass is 9.95. The summed E-state index contributed by atoms with van der Waals surface area (Å²) in [5, 5.41) is 3.69. The van der Waals surface area contributed by atoms with Crippen LogP contribution in [0.3, 0.4) is 0 Å². The van der Waals surface area contributed by atoms with Gasteiger partial charge in [0.15, 0.2) is 0 Å². The molecule has 1 aliphatic carbocycles. The van der Waals surface area contributed by atoms with Crippen molar-refractivity contribution in [3.8, 4) is 0 Å². The maximum atomic E-state index is 3.69. The Labute approximate surface area is 96.9 Å². The minimum atomic E-state index is 0.779. The topological polar surface area (TPSA) is 12.0 Å². The van der Waals surface area contributed by atoms with E-state index < -0.39 is 0 Å². The second kappa shape index (κ2) is 5.13. The van der Waals surface area contributed by atoms with E-state index in [-0.39, 0.29) is 0 Å². The van der Waals surface area contributed by atoms with Crippen molar-refractivity contribution in [3.05, 3.63) is 21.4 Å². The molecule has 1 aromatic rings. The predicted molar refractivity (Wildman–Crippen MR) is 67.5 cm³/mol. The third-order valence-electron chi connectivity index (χ3n) is 3.39. The first-order chi connectivity index (χ1) is 7.25. The van der Waals surface area contributed by atoms with E-state index in [0.717, 1.165) is 12.6 Å². The Balaban J connectivity index is 1.81. The molecule has 1 fully saturated rings. The van der Waals surface area contributed by atoms with Crippen LogP contribution >= 0.6 is 11.3 Å². The van der Waals surface area contributed by atoms with E-state index in [1.165, 1.54) is 47.4 Å². The maximum absolute atomic E-state index is 3.69. The van der Waals surface area contributed by atoms with Crippen molar-refractivity contribution in [2.75, 3.05) is 0 Å². The molecule has 1 aromatic heterocycles. The second-order valence-corrected chi connectivity index (χ2v) is 6.01. The molecule has 0 aliphatic heterocycles. The van der Waals surface area contributed by atoms with Gasteiger partial charge in [0.25, 0.3) is 0 Å². The van der Waals surface area contributed by atoms with Gasteiger partial charge in [-0.3, -0.25) is 0 Å². The number of thiophene rings is 1. The Morgan fingerprint density at radius 1 is 1.27 bits per heavy atom. The van der Waals surface area contributed by atoms with E-state index in [4.69, 9.17) is 0 Å². The quantitative estimate of drug-likeness (QED) is 0.822. The molecule has 15 heavy (non-hydrogen) atoms. The molecule has 1 heterocycles. The molecule has 0 saturated heterocycles. The number of hydrogen-bond donors (Lipinski definition) is 1. The standard InChI is InChI=1S/C13H21NS/c1-10-8-13(15-11(10)2)9-14-12-6-4-3-5-7-12/h8,12,14H,3-7,9H2,1-2H3. The Kier molecular flexibility index (Phi) is 3.81. The molecule has 0 amide bonds. The summed E-state index contributed by atoms with van der Waals surface area (Å²) in [7, 11) is 0. The van der Waals surface area contributed by atoms with Crippen LogP contribution in [-0.4, -0.2) is 6.04 Å². The molecule has 2 rings (SSSR count). The van der Waals surface area contributed by atoms with Gasteiger partial charge in [-0.1, -0.05) is 19.3 Å². The van der Waals surface area contributed by atoms with E-state index in [9.17, 15) is 0 Å². The fourth-order valence-corrected chi connectivity index (χ4v) is 3.29. The van der Waals surface area contributed by atoms with Gasteiger partial charge in [-0.05, 0) is 38.3 Å². The lowest BCUT2D eigenvalue weighted by Crippen LogP contribution is -2.30. The van der Waals surface area contributed by atoms with Gasteiger partial charge in [0.2, 0.25) is 0 Å². The number of aryl methyl sites for hydroxylation is 2. The van der Waals surface area contributed by atoms with Crippen molar-refractivity contribution in [3.63, 3.8) is 0 Å². The molecule has 0 aromatic carbocycles. The normalized spacial score (nSPS) is 18.3. The summed E-state index contributed by atoms with van der Waals surface area (Å²) in [6.07, 6.45) is 7.03. The fraction of sp³-hybridized carbons (Fsp3) is 0.692. The first kappa shape index (κ1) is 11.2. The highest BCUT2D eigenvalue weighted by Gasteiger charge is 2.12. The zero-order valence-electron chi connectivity index (χ0n) is 9.81. The summed E-state index contributed by atoms with van der Waals surface area (Å²) in [6.45, 7) is 5.49. The van der Waals surface area contributed by atoms with Crippen molar-refractivity contribution in [1.82, 2.24) is 5.32 Å². The van der Waals surface area contributed by atoms with Crippen molar-refractivity contribution < 1.29 is 0 Å². The number of nitrogens with one attached hydrogen (secondary N) is 1. The van der Waals surface area contributed by atoms with Crippen LogP contribution in [0.2, 0.25) is 0 Å². The molecular formula is C13H21NS. The van der Waals surface area contributed by atoms with E-state index >= 15 is 0 Å². The van der Waals surface area contributed by atoms with E-state index in [1.54, 1.807) is 0 Å². The summed E-state index contributed by atoms with van der Waals surface area (Å²) in [4.78, 5) is 2.96. The van der Waals surface area contributed by atoms with Gasteiger partial charge in [0.1, 0.15) is 0 Å². The molecule has 1 nitrogen and oxygen atoms in total. The Bertz CT molecular complexity index is 291. The summed E-state index contributed by atoms with van der Waals surface area (Å²) in [6, 6.07) is 3.11. The Morgan fingerprint density at radius 3 is 2.60 bits per heavy atom. The zero-order valence-corrected chi connectivity index (χ0v) is 10.6. The van der Waals surface area contributed by atoms with Crippen LogP contribution < -0.4 is 5.32 Å². The minimum absolute atomic E-state index is 0.779. The first-order valence-electron chi connectivity index (χ1n) is 6.05. The smallest absolute Gasteiger partial charge is 0.0302 e. The molecule has 84 valence electrons. The molecule has 1 saturated carbocycles. The van der Waals surface area contributed by atoms with E-state index in [0.29, 0.717) is 0 Å². The van der Waals surface area contributed by atoms with E-state index in [1.807, 2.05) is 11.3 Å². The lowest BCUT2D eigenvalue weighted by molar-refractivity contribution is 0.373. The van der Waals surface area contributed by atoms with Crippen LogP contribution in [0.15, 0.2) is 6.07 Å². The van der Waals surface area contributed by atoms with E-state index in [2.05, 4.69) is 25.2 Å². The molecule has 0 radical (unpaired) electrons. The highest BCUT2D eigenvalue weighted by Crippen LogP contribution is 2.22. The molecule has 1 N–H and O–H groups in total. The summed E-state index contributed by atoms with van der Waals surface area (Å²) >= 11 is 1.94. The molecule has 0 bridgehead atoms. The largest absolute Gasteiger partial charge is 0.309 e. The van der Waals surface area contributed by atoms with Crippen LogP contribution in [0.5, 0.6) is 0 Å². The van der Waals surface area contributed by atoms with Gasteiger partial charge >= 0.3 is 0 Å². The van der Waals surface area contributed by atoms with Gasteiger partial charge in [-0.25, -0.2) is 0 Å². The first-order valence-corrected chi connectivity index (χ1v) is 6.86. The molecule has 1 aliphatic rings. The molecule has 2 heteroatoms. The third kappa shape index (κ3) is 3.05. The molecule has 0 unspecified atom stereocenters. The van der Waals surface area contributed by atoms with Crippen LogP contribution in [0.25, 0.3) is 0 Å². The Morgan fingerprint density at radius 2 is 2.00 bits per heavy atom. The average Bonchev–Trinajstić information content (AvgIpc) is 2.57. The van der Waals surface area contributed by atoms with Gasteiger partial charge in [-0.2, -0.15) is 0 Å². The predicted octanol–water partition coefficient (Wildman–Crippen LogP) is 3.79. The third-order valence-corrected chi connectivity index (χ3v) is 4.54. The molecule has 0 atom stereocenters. The van der Waals surface area contributed by atoms with Crippen molar-refractivity contribution in [2.24, 2.45) is 0 Å². The van der Waals surface area contributed by atoms with Crippen molar-refractivity contribution in [1.29, 1.82) is 0 Å². The van der Waals surface area contributed by atoms with Crippen LogP contribution in [0.4, 0.5) is 0 Å². The van der Waals surface area contributed by atoms with Crippen molar-refractivity contribution >= 4 is 11.3 Å². The van der Waals surface area contributed by atoms with Crippen LogP contribution in [0.1, 0.15) is 47.4 Å². The van der Waals surface area contributed by atoms with Crippen LogP contribution in [-0.2, 0) is 6.54 Å². The summed E-state index contributed by atoms with van der Waals surface area (Å²) in [5.41, 5.74) is 1.44. The lowest BCUT2D eigenvalue weighted by Gasteiger charge is -2.22. The number of hydrogen-bond acceptors (Lipinski definition) is 2. The fourth-order valence-electron chi connectivity index (χ4n) is 2.29.